The monoisotopic (exact) mass is 216 g/mol. The number of nitrogens with zero attached hydrogens (tertiary/aromatic N) is 1. The van der Waals surface area contributed by atoms with E-state index in [-0.39, 0.29) is 11.7 Å². The molecule has 0 unspecified atom stereocenters. The Balaban J connectivity index is 3.27. The van der Waals surface area contributed by atoms with Crippen LogP contribution in [0, 0.1) is 21.7 Å². The number of nitro groups is 1. The second-order valence-corrected chi connectivity index (χ2v) is 3.34. The van der Waals surface area contributed by atoms with E-state index in [1.165, 1.54) is 0 Å². The molecule has 1 aromatic rings. The summed E-state index contributed by atoms with van der Waals surface area (Å²) in [5, 5.41) is 13.1. The number of anilines is 1. The Hall–Kier alpha value is -1.72. The Bertz CT molecular complexity index is 394. The van der Waals surface area contributed by atoms with Gasteiger partial charge in [0.25, 0.3) is 5.69 Å². The maximum Gasteiger partial charge on any atom is 0.298 e. The molecular weight excluding hydrogens is 206 g/mol. The molecule has 0 atom stereocenters. The lowest BCUT2D eigenvalue weighted by atomic mass is 10.2. The summed E-state index contributed by atoms with van der Waals surface area (Å²) in [5.41, 5.74) is -0.877. The van der Waals surface area contributed by atoms with Gasteiger partial charge in [-0.25, -0.2) is 8.78 Å². The van der Waals surface area contributed by atoms with Crippen LogP contribution in [0.5, 0.6) is 0 Å². The summed E-state index contributed by atoms with van der Waals surface area (Å²) in [7, 11) is 0. The summed E-state index contributed by atoms with van der Waals surface area (Å²) >= 11 is 0. The molecule has 15 heavy (non-hydrogen) atoms. The van der Waals surface area contributed by atoms with Crippen molar-refractivity contribution in [3.8, 4) is 0 Å². The van der Waals surface area contributed by atoms with Crippen LogP contribution in [0.4, 0.5) is 20.2 Å². The lowest BCUT2D eigenvalue weighted by Crippen LogP contribution is -2.13. The second kappa shape index (κ2) is 4.20. The Morgan fingerprint density at radius 2 is 2.00 bits per heavy atom. The summed E-state index contributed by atoms with van der Waals surface area (Å²) in [4.78, 5) is 9.72. The highest BCUT2D eigenvalue weighted by atomic mass is 19.1. The fourth-order valence-corrected chi connectivity index (χ4v) is 1.14. The fraction of sp³-hybridized carbons (Fsp3) is 0.333. The summed E-state index contributed by atoms with van der Waals surface area (Å²) in [6.07, 6.45) is 0. The van der Waals surface area contributed by atoms with Crippen molar-refractivity contribution in [3.05, 3.63) is 33.9 Å². The van der Waals surface area contributed by atoms with Gasteiger partial charge in [0, 0.05) is 12.1 Å². The Morgan fingerprint density at radius 3 is 2.47 bits per heavy atom. The number of benzene rings is 1. The normalized spacial score (nSPS) is 10.5. The SMILES string of the molecule is CC(C)Nc1c(F)cc(F)cc1[N+](=O)[O-]. The molecule has 0 fully saturated rings. The average molecular weight is 216 g/mol. The molecule has 82 valence electrons. The van der Waals surface area contributed by atoms with E-state index in [1.54, 1.807) is 13.8 Å². The molecule has 0 spiro atoms. The largest absolute Gasteiger partial charge is 0.375 e. The third kappa shape index (κ3) is 2.61. The van der Waals surface area contributed by atoms with E-state index in [0.29, 0.717) is 12.1 Å². The van der Waals surface area contributed by atoms with Crippen LogP contribution in [0.15, 0.2) is 12.1 Å². The molecule has 0 aliphatic carbocycles. The van der Waals surface area contributed by atoms with Crippen molar-refractivity contribution in [3.63, 3.8) is 0 Å². The van der Waals surface area contributed by atoms with Gasteiger partial charge in [-0.15, -0.1) is 0 Å². The zero-order valence-electron chi connectivity index (χ0n) is 8.25. The van der Waals surface area contributed by atoms with E-state index in [2.05, 4.69) is 5.32 Å². The Labute approximate surface area is 85.1 Å². The van der Waals surface area contributed by atoms with E-state index in [4.69, 9.17) is 0 Å². The molecule has 0 saturated carbocycles. The fourth-order valence-electron chi connectivity index (χ4n) is 1.14. The van der Waals surface area contributed by atoms with Gasteiger partial charge in [0.1, 0.15) is 11.5 Å². The van der Waals surface area contributed by atoms with E-state index < -0.39 is 22.2 Å². The van der Waals surface area contributed by atoms with Gasteiger partial charge in [-0.05, 0) is 13.8 Å². The molecule has 0 aromatic heterocycles. The zero-order valence-corrected chi connectivity index (χ0v) is 8.25. The highest BCUT2D eigenvalue weighted by Crippen LogP contribution is 2.28. The first-order valence-corrected chi connectivity index (χ1v) is 4.31. The molecule has 0 bridgehead atoms. The maximum absolute atomic E-state index is 13.2. The molecule has 1 rings (SSSR count). The van der Waals surface area contributed by atoms with Gasteiger partial charge < -0.3 is 5.32 Å². The minimum absolute atomic E-state index is 0.177. The van der Waals surface area contributed by atoms with Crippen LogP contribution in [-0.4, -0.2) is 11.0 Å². The Morgan fingerprint density at radius 1 is 1.40 bits per heavy atom. The van der Waals surface area contributed by atoms with Crippen molar-refractivity contribution in [2.45, 2.75) is 19.9 Å². The predicted octanol–water partition coefficient (Wildman–Crippen LogP) is 2.69. The molecule has 0 amide bonds. The van der Waals surface area contributed by atoms with E-state index in [0.717, 1.165) is 0 Å². The first-order valence-electron chi connectivity index (χ1n) is 4.31. The summed E-state index contributed by atoms with van der Waals surface area (Å²) in [5.74, 6) is -1.93. The number of nitro benzene ring substituents is 1. The summed E-state index contributed by atoms with van der Waals surface area (Å²) in [6, 6.07) is 1.12. The second-order valence-electron chi connectivity index (χ2n) is 3.34. The molecular formula is C9H10F2N2O2. The lowest BCUT2D eigenvalue weighted by molar-refractivity contribution is -0.384. The average Bonchev–Trinajstić information content (AvgIpc) is 2.08. The number of nitrogens with one attached hydrogen (secondary N) is 1. The minimum atomic E-state index is -0.964. The van der Waals surface area contributed by atoms with Crippen molar-refractivity contribution >= 4 is 11.4 Å². The number of rotatable bonds is 3. The molecule has 0 heterocycles. The van der Waals surface area contributed by atoms with Crippen molar-refractivity contribution in [2.24, 2.45) is 0 Å². The van der Waals surface area contributed by atoms with Gasteiger partial charge in [0.05, 0.1) is 11.0 Å². The molecule has 0 aliphatic heterocycles. The van der Waals surface area contributed by atoms with Crippen molar-refractivity contribution in [2.75, 3.05) is 5.32 Å². The molecule has 4 nitrogen and oxygen atoms in total. The number of hydrogen-bond acceptors (Lipinski definition) is 3. The van der Waals surface area contributed by atoms with E-state index in [9.17, 15) is 18.9 Å². The molecule has 6 heteroatoms. The van der Waals surface area contributed by atoms with Gasteiger partial charge in [0.2, 0.25) is 0 Å². The smallest absolute Gasteiger partial charge is 0.298 e. The maximum atomic E-state index is 13.2. The first kappa shape index (κ1) is 11.4. The third-order valence-corrected chi connectivity index (χ3v) is 1.66. The third-order valence-electron chi connectivity index (χ3n) is 1.66. The Kier molecular flexibility index (Phi) is 3.18. The van der Waals surface area contributed by atoms with Crippen LogP contribution in [0.25, 0.3) is 0 Å². The highest BCUT2D eigenvalue weighted by Gasteiger charge is 2.20. The van der Waals surface area contributed by atoms with Crippen LogP contribution in [-0.2, 0) is 0 Å². The van der Waals surface area contributed by atoms with Crippen LogP contribution >= 0.6 is 0 Å². The van der Waals surface area contributed by atoms with Crippen LogP contribution in [0.2, 0.25) is 0 Å². The van der Waals surface area contributed by atoms with Gasteiger partial charge in [-0.2, -0.15) is 0 Å². The van der Waals surface area contributed by atoms with Gasteiger partial charge in [-0.3, -0.25) is 10.1 Å². The highest BCUT2D eigenvalue weighted by molar-refractivity contribution is 5.62. The van der Waals surface area contributed by atoms with Gasteiger partial charge in [0.15, 0.2) is 5.82 Å². The summed E-state index contributed by atoms with van der Waals surface area (Å²) < 4.78 is 26.0. The standard InChI is InChI=1S/C9H10F2N2O2/c1-5(2)12-9-7(11)3-6(10)4-8(9)13(14)15/h3-5,12H,1-2H3. The topological polar surface area (TPSA) is 55.2 Å². The van der Waals surface area contributed by atoms with Crippen molar-refractivity contribution < 1.29 is 13.7 Å². The quantitative estimate of drug-likeness (QED) is 0.624. The van der Waals surface area contributed by atoms with Gasteiger partial charge >= 0.3 is 0 Å². The minimum Gasteiger partial charge on any atom is -0.375 e. The predicted molar refractivity (Wildman–Crippen MR) is 51.8 cm³/mol. The lowest BCUT2D eigenvalue weighted by Gasteiger charge is -2.10. The summed E-state index contributed by atoms with van der Waals surface area (Å²) in [6.45, 7) is 3.40. The first-order chi connectivity index (χ1) is 6.91. The van der Waals surface area contributed by atoms with E-state index >= 15 is 0 Å². The van der Waals surface area contributed by atoms with Crippen LogP contribution < -0.4 is 5.32 Å². The number of hydrogen-bond donors (Lipinski definition) is 1. The molecule has 0 radical (unpaired) electrons. The molecule has 0 aliphatic rings. The van der Waals surface area contributed by atoms with Gasteiger partial charge in [-0.1, -0.05) is 0 Å². The van der Waals surface area contributed by atoms with E-state index in [1.807, 2.05) is 0 Å². The molecule has 1 N–H and O–H groups in total. The van der Waals surface area contributed by atoms with Crippen molar-refractivity contribution in [1.29, 1.82) is 0 Å². The molecule has 1 aromatic carbocycles. The molecule has 0 saturated heterocycles. The zero-order chi connectivity index (χ0) is 11.6. The van der Waals surface area contributed by atoms with Crippen LogP contribution in [0.1, 0.15) is 13.8 Å². The number of halogens is 2. The van der Waals surface area contributed by atoms with Crippen LogP contribution in [0.3, 0.4) is 0 Å². The van der Waals surface area contributed by atoms with Crippen molar-refractivity contribution in [1.82, 2.24) is 0 Å².